The van der Waals surface area contributed by atoms with Gasteiger partial charge < -0.3 is 9.30 Å². The molecule has 0 fully saturated rings. The van der Waals surface area contributed by atoms with E-state index in [2.05, 4.69) is 61.0 Å². The van der Waals surface area contributed by atoms with E-state index in [0.717, 1.165) is 44.7 Å². The Morgan fingerprint density at radius 2 is 1.59 bits per heavy atom. The summed E-state index contributed by atoms with van der Waals surface area (Å²) < 4.78 is 8.36. The fourth-order valence-corrected chi connectivity index (χ4v) is 5.06. The molecule has 0 saturated heterocycles. The van der Waals surface area contributed by atoms with Crippen LogP contribution in [0.3, 0.4) is 0 Å². The molecule has 4 heteroatoms. The molecule has 0 aliphatic carbocycles. The van der Waals surface area contributed by atoms with Crippen molar-refractivity contribution in [2.24, 2.45) is 0 Å². The SMILES string of the molecule is Cc1ccc(C)c(OCCn2cc(C=C3C(=O)N(c4ccccc4)c4ccccc43)c3ccccc32)c1. The Kier molecular flexibility index (Phi) is 5.85. The number of hydrogen-bond acceptors (Lipinski definition) is 2. The average molecular weight is 485 g/mol. The first-order chi connectivity index (χ1) is 18.1. The standard InChI is InChI=1S/C33H28N2O2/c1-23-16-17-24(2)32(20-23)37-19-18-34-22-25(27-12-6-8-14-30(27)34)21-29-28-13-7-9-15-31(28)35(33(29)36)26-10-4-3-5-11-26/h3-17,20-22H,18-19H2,1-2H3. The molecule has 6 rings (SSSR count). The first-order valence-electron chi connectivity index (χ1n) is 12.6. The second-order valence-corrected chi connectivity index (χ2v) is 9.46. The molecule has 1 aliphatic heterocycles. The minimum atomic E-state index is -0.0116. The van der Waals surface area contributed by atoms with Gasteiger partial charge in [0, 0.05) is 33.9 Å². The van der Waals surface area contributed by atoms with Crippen molar-refractivity contribution in [2.45, 2.75) is 20.4 Å². The molecule has 0 N–H and O–H groups in total. The van der Waals surface area contributed by atoms with E-state index in [0.29, 0.717) is 18.7 Å². The van der Waals surface area contributed by atoms with Crippen molar-refractivity contribution in [3.05, 3.63) is 126 Å². The molecule has 1 aromatic heterocycles. The van der Waals surface area contributed by atoms with E-state index >= 15 is 0 Å². The van der Waals surface area contributed by atoms with Crippen LogP contribution in [0.5, 0.6) is 5.75 Å². The summed E-state index contributed by atoms with van der Waals surface area (Å²) in [5, 5.41) is 1.12. The summed E-state index contributed by atoms with van der Waals surface area (Å²) in [7, 11) is 0. The molecule has 0 saturated carbocycles. The van der Waals surface area contributed by atoms with Gasteiger partial charge in [0.05, 0.1) is 17.8 Å². The number of aryl methyl sites for hydroxylation is 2. The Labute approximate surface area is 217 Å². The summed E-state index contributed by atoms with van der Waals surface area (Å²) >= 11 is 0. The Balaban J connectivity index is 1.35. The lowest BCUT2D eigenvalue weighted by Crippen LogP contribution is -2.20. The first-order valence-corrected chi connectivity index (χ1v) is 12.6. The monoisotopic (exact) mass is 484 g/mol. The Hall–Kier alpha value is -4.57. The molecule has 0 unspecified atom stereocenters. The summed E-state index contributed by atoms with van der Waals surface area (Å²) in [6, 6.07) is 32.4. The molecule has 1 amide bonds. The summed E-state index contributed by atoms with van der Waals surface area (Å²) in [6.07, 6.45) is 4.17. The molecule has 0 atom stereocenters. The number of nitrogens with zero attached hydrogens (tertiary/aromatic N) is 2. The Morgan fingerprint density at radius 3 is 2.46 bits per heavy atom. The molecule has 1 aliphatic rings. The number of aromatic nitrogens is 1. The van der Waals surface area contributed by atoms with Gasteiger partial charge in [-0.15, -0.1) is 0 Å². The van der Waals surface area contributed by atoms with E-state index in [1.165, 1.54) is 5.56 Å². The molecule has 37 heavy (non-hydrogen) atoms. The molecular weight excluding hydrogens is 456 g/mol. The molecular formula is C33H28N2O2. The van der Waals surface area contributed by atoms with Crippen molar-refractivity contribution < 1.29 is 9.53 Å². The zero-order valence-electron chi connectivity index (χ0n) is 21.0. The van der Waals surface area contributed by atoms with Crippen LogP contribution in [0.4, 0.5) is 11.4 Å². The smallest absolute Gasteiger partial charge is 0.263 e. The number of anilines is 2. The number of carbonyl (C=O) groups is 1. The van der Waals surface area contributed by atoms with Crippen molar-refractivity contribution in [2.75, 3.05) is 11.5 Å². The van der Waals surface area contributed by atoms with Crippen molar-refractivity contribution >= 4 is 39.8 Å². The van der Waals surface area contributed by atoms with Crippen LogP contribution in [-0.4, -0.2) is 17.1 Å². The van der Waals surface area contributed by atoms with Crippen LogP contribution in [-0.2, 0) is 11.3 Å². The van der Waals surface area contributed by atoms with Gasteiger partial charge in [0.2, 0.25) is 0 Å². The third-order valence-corrected chi connectivity index (χ3v) is 6.94. The first kappa shape index (κ1) is 22.9. The predicted octanol–water partition coefficient (Wildman–Crippen LogP) is 7.56. The number of rotatable bonds is 6. The third-order valence-electron chi connectivity index (χ3n) is 6.94. The summed E-state index contributed by atoms with van der Waals surface area (Å²) in [4.78, 5) is 15.5. The topological polar surface area (TPSA) is 34.5 Å². The molecule has 0 bridgehead atoms. The van der Waals surface area contributed by atoms with Crippen LogP contribution in [0, 0.1) is 13.8 Å². The number of ether oxygens (including phenoxy) is 1. The average Bonchev–Trinajstić information content (AvgIpc) is 3.41. The zero-order chi connectivity index (χ0) is 25.4. The summed E-state index contributed by atoms with van der Waals surface area (Å²) in [5.41, 5.74) is 7.90. The maximum atomic E-state index is 13.7. The Morgan fingerprint density at radius 1 is 0.838 bits per heavy atom. The lowest BCUT2D eigenvalue weighted by atomic mass is 10.0. The van der Waals surface area contributed by atoms with E-state index in [1.807, 2.05) is 66.7 Å². The fourth-order valence-electron chi connectivity index (χ4n) is 5.06. The number of para-hydroxylation sites is 3. The number of benzene rings is 4. The minimum absolute atomic E-state index is 0.0116. The Bertz CT molecular complexity index is 1650. The highest BCUT2D eigenvalue weighted by molar-refractivity contribution is 6.38. The van der Waals surface area contributed by atoms with E-state index in [9.17, 15) is 4.79 Å². The van der Waals surface area contributed by atoms with E-state index in [4.69, 9.17) is 4.74 Å². The lowest BCUT2D eigenvalue weighted by Gasteiger charge is -2.16. The van der Waals surface area contributed by atoms with Crippen molar-refractivity contribution in [3.63, 3.8) is 0 Å². The van der Waals surface area contributed by atoms with Crippen LogP contribution >= 0.6 is 0 Å². The largest absolute Gasteiger partial charge is 0.491 e. The quantitative estimate of drug-likeness (QED) is 0.233. The molecule has 5 aromatic rings. The molecule has 4 aromatic carbocycles. The maximum Gasteiger partial charge on any atom is 0.263 e. The molecule has 2 heterocycles. The van der Waals surface area contributed by atoms with Gasteiger partial charge in [0.1, 0.15) is 12.4 Å². The minimum Gasteiger partial charge on any atom is -0.491 e. The highest BCUT2D eigenvalue weighted by Gasteiger charge is 2.33. The third kappa shape index (κ3) is 4.21. The summed E-state index contributed by atoms with van der Waals surface area (Å²) in [6.45, 7) is 5.41. The van der Waals surface area contributed by atoms with Crippen LogP contribution in [0.1, 0.15) is 22.3 Å². The second kappa shape index (κ2) is 9.47. The molecule has 0 spiro atoms. The highest BCUT2D eigenvalue weighted by atomic mass is 16.5. The summed E-state index contributed by atoms with van der Waals surface area (Å²) in [5.74, 6) is 0.912. The molecule has 4 nitrogen and oxygen atoms in total. The van der Waals surface area contributed by atoms with E-state index < -0.39 is 0 Å². The highest BCUT2D eigenvalue weighted by Crippen LogP contribution is 2.42. The van der Waals surface area contributed by atoms with Gasteiger partial charge in [-0.1, -0.05) is 66.7 Å². The number of carbonyl (C=O) groups excluding carboxylic acids is 1. The number of amides is 1. The van der Waals surface area contributed by atoms with Crippen molar-refractivity contribution in [1.82, 2.24) is 4.57 Å². The van der Waals surface area contributed by atoms with Crippen LogP contribution in [0.25, 0.3) is 22.6 Å². The van der Waals surface area contributed by atoms with Gasteiger partial charge in [-0.05, 0) is 61.4 Å². The second-order valence-electron chi connectivity index (χ2n) is 9.46. The predicted molar refractivity (Wildman–Crippen MR) is 151 cm³/mol. The van der Waals surface area contributed by atoms with Gasteiger partial charge >= 0.3 is 0 Å². The van der Waals surface area contributed by atoms with Gasteiger partial charge in [-0.3, -0.25) is 9.69 Å². The van der Waals surface area contributed by atoms with Crippen molar-refractivity contribution in [3.8, 4) is 5.75 Å². The lowest BCUT2D eigenvalue weighted by molar-refractivity contribution is -0.112. The van der Waals surface area contributed by atoms with Crippen LogP contribution < -0.4 is 9.64 Å². The molecule has 0 radical (unpaired) electrons. The van der Waals surface area contributed by atoms with E-state index in [1.54, 1.807) is 4.90 Å². The van der Waals surface area contributed by atoms with Gasteiger partial charge in [0.15, 0.2) is 0 Å². The normalized spacial score (nSPS) is 13.9. The number of hydrogen-bond donors (Lipinski definition) is 0. The van der Waals surface area contributed by atoms with Crippen molar-refractivity contribution in [1.29, 1.82) is 0 Å². The number of fused-ring (bicyclic) bond motifs is 2. The van der Waals surface area contributed by atoms with Gasteiger partial charge in [-0.2, -0.15) is 0 Å². The van der Waals surface area contributed by atoms with Crippen LogP contribution in [0.15, 0.2) is 103 Å². The van der Waals surface area contributed by atoms with Gasteiger partial charge in [-0.25, -0.2) is 0 Å². The fraction of sp³-hybridized carbons (Fsp3) is 0.121. The van der Waals surface area contributed by atoms with Gasteiger partial charge in [0.25, 0.3) is 5.91 Å². The maximum absolute atomic E-state index is 13.7. The molecule has 182 valence electrons. The zero-order valence-corrected chi connectivity index (χ0v) is 21.0. The van der Waals surface area contributed by atoms with E-state index in [-0.39, 0.29) is 5.91 Å². The van der Waals surface area contributed by atoms with Crippen LogP contribution in [0.2, 0.25) is 0 Å².